The number of hydrogen-bond acceptors (Lipinski definition) is 3. The molecule has 0 spiro atoms. The molecular weight excluding hydrogens is 400 g/mol. The number of hydrogen-bond donors (Lipinski definition) is 1. The van der Waals surface area contributed by atoms with Crippen LogP contribution < -0.4 is 10.1 Å². The summed E-state index contributed by atoms with van der Waals surface area (Å²) in [4.78, 5) is 27.8. The Morgan fingerprint density at radius 1 is 0.969 bits per heavy atom. The van der Waals surface area contributed by atoms with Gasteiger partial charge in [-0.2, -0.15) is 0 Å². The maximum absolute atomic E-state index is 13.2. The number of aryl methyl sites for hydroxylation is 2. The van der Waals surface area contributed by atoms with Crippen LogP contribution in [0.5, 0.6) is 5.75 Å². The van der Waals surface area contributed by atoms with Crippen LogP contribution >= 0.6 is 0 Å². The Bertz CT molecular complexity index is 844. The minimum Gasteiger partial charge on any atom is -0.494 e. The third-order valence-electron chi connectivity index (χ3n) is 5.37. The fraction of sp³-hybridized carbons (Fsp3) is 0.481. The summed E-state index contributed by atoms with van der Waals surface area (Å²) >= 11 is 0. The van der Waals surface area contributed by atoms with Gasteiger partial charge in [0, 0.05) is 19.5 Å². The second-order valence-electron chi connectivity index (χ2n) is 8.84. The minimum atomic E-state index is -0.486. The predicted octanol–water partition coefficient (Wildman–Crippen LogP) is 5.04. The van der Waals surface area contributed by atoms with E-state index in [0.29, 0.717) is 44.9 Å². The van der Waals surface area contributed by atoms with E-state index in [4.69, 9.17) is 4.74 Å². The summed E-state index contributed by atoms with van der Waals surface area (Å²) in [5.74, 6) is 1.05. The quantitative estimate of drug-likeness (QED) is 0.472. The largest absolute Gasteiger partial charge is 0.494 e. The number of benzene rings is 2. The van der Waals surface area contributed by atoms with E-state index in [1.165, 1.54) is 11.1 Å². The fourth-order valence-electron chi connectivity index (χ4n) is 3.42. The van der Waals surface area contributed by atoms with Crippen LogP contribution in [0.25, 0.3) is 0 Å². The van der Waals surface area contributed by atoms with Crippen LogP contribution in [0, 0.1) is 19.8 Å². The molecule has 0 aromatic heterocycles. The lowest BCUT2D eigenvalue weighted by molar-refractivity contribution is -0.141. The first-order chi connectivity index (χ1) is 15.3. The van der Waals surface area contributed by atoms with Gasteiger partial charge < -0.3 is 15.0 Å². The van der Waals surface area contributed by atoms with Crippen LogP contribution in [0.1, 0.15) is 56.7 Å². The number of ether oxygens (including phenoxy) is 1. The molecule has 1 atom stereocenters. The Balaban J connectivity index is 2.03. The maximum Gasteiger partial charge on any atom is 0.242 e. The molecule has 0 bridgehead atoms. The van der Waals surface area contributed by atoms with Gasteiger partial charge in [0.25, 0.3) is 0 Å². The summed E-state index contributed by atoms with van der Waals surface area (Å²) in [5.41, 5.74) is 3.37. The standard InChI is InChI=1S/C27H38N2O3/c1-6-25(27(31)28-18-20(2)3)29(19-23-13-9-21(4)10-14-23)26(30)8-7-17-32-24-15-11-22(5)12-16-24/h9-16,20,25H,6-8,17-19H2,1-5H3,(H,28,31)/t25-/m1/s1. The minimum absolute atomic E-state index is 0.0235. The first-order valence-corrected chi connectivity index (χ1v) is 11.6. The molecule has 0 saturated heterocycles. The number of rotatable bonds is 12. The highest BCUT2D eigenvalue weighted by molar-refractivity contribution is 5.87. The Morgan fingerprint density at radius 2 is 1.56 bits per heavy atom. The van der Waals surface area contributed by atoms with Gasteiger partial charge in [-0.25, -0.2) is 0 Å². The molecule has 2 amide bonds. The highest BCUT2D eigenvalue weighted by Crippen LogP contribution is 2.16. The van der Waals surface area contributed by atoms with E-state index in [9.17, 15) is 9.59 Å². The molecular formula is C27H38N2O3. The molecule has 2 aromatic carbocycles. The van der Waals surface area contributed by atoms with E-state index < -0.39 is 6.04 Å². The average Bonchev–Trinajstić information content (AvgIpc) is 2.77. The smallest absolute Gasteiger partial charge is 0.242 e. The van der Waals surface area contributed by atoms with Gasteiger partial charge >= 0.3 is 0 Å². The molecule has 0 aliphatic heterocycles. The van der Waals surface area contributed by atoms with Gasteiger partial charge in [0.1, 0.15) is 11.8 Å². The Kier molecular flexibility index (Phi) is 10.3. The topological polar surface area (TPSA) is 58.6 Å². The molecule has 5 heteroatoms. The molecule has 0 fully saturated rings. The molecule has 2 rings (SSSR count). The van der Waals surface area contributed by atoms with E-state index in [1.807, 2.05) is 69.3 Å². The molecule has 0 aliphatic rings. The summed E-state index contributed by atoms with van der Waals surface area (Å²) in [6.07, 6.45) is 1.51. The van der Waals surface area contributed by atoms with Gasteiger partial charge in [-0.15, -0.1) is 0 Å². The van der Waals surface area contributed by atoms with Crippen molar-refractivity contribution in [1.29, 1.82) is 0 Å². The summed E-state index contributed by atoms with van der Waals surface area (Å²) in [5, 5.41) is 3.00. The zero-order chi connectivity index (χ0) is 23.5. The molecule has 0 saturated carbocycles. The van der Waals surface area contributed by atoms with E-state index >= 15 is 0 Å². The zero-order valence-corrected chi connectivity index (χ0v) is 20.2. The summed E-state index contributed by atoms with van der Waals surface area (Å²) < 4.78 is 5.77. The highest BCUT2D eigenvalue weighted by atomic mass is 16.5. The van der Waals surface area contributed by atoms with Crippen molar-refractivity contribution in [3.05, 3.63) is 65.2 Å². The normalized spacial score (nSPS) is 11.8. The SMILES string of the molecule is CC[C@H](C(=O)NCC(C)C)N(Cc1ccc(C)cc1)C(=O)CCCOc1ccc(C)cc1. The summed E-state index contributed by atoms with van der Waals surface area (Å²) in [6, 6.07) is 15.5. The zero-order valence-electron chi connectivity index (χ0n) is 20.2. The Hall–Kier alpha value is -2.82. The predicted molar refractivity (Wildman–Crippen MR) is 130 cm³/mol. The van der Waals surface area contributed by atoms with Crippen molar-refractivity contribution in [3.8, 4) is 5.75 Å². The van der Waals surface area contributed by atoms with Crippen LogP contribution in [-0.2, 0) is 16.1 Å². The second kappa shape index (κ2) is 12.9. The van der Waals surface area contributed by atoms with Crippen molar-refractivity contribution < 1.29 is 14.3 Å². The first kappa shape index (κ1) is 25.4. The van der Waals surface area contributed by atoms with Crippen molar-refractivity contribution >= 4 is 11.8 Å². The lowest BCUT2D eigenvalue weighted by Gasteiger charge is -2.31. The van der Waals surface area contributed by atoms with Crippen molar-refractivity contribution in [1.82, 2.24) is 10.2 Å². The number of carbonyl (C=O) groups excluding carboxylic acids is 2. The van der Waals surface area contributed by atoms with E-state index in [2.05, 4.69) is 19.2 Å². The van der Waals surface area contributed by atoms with Gasteiger partial charge in [0.2, 0.25) is 11.8 Å². The highest BCUT2D eigenvalue weighted by Gasteiger charge is 2.28. The molecule has 5 nitrogen and oxygen atoms in total. The third kappa shape index (κ3) is 8.37. The van der Waals surface area contributed by atoms with Crippen LogP contribution in [-0.4, -0.2) is 35.9 Å². The molecule has 2 aromatic rings. The van der Waals surface area contributed by atoms with E-state index in [1.54, 1.807) is 4.90 Å². The molecule has 0 radical (unpaired) electrons. The number of nitrogens with zero attached hydrogens (tertiary/aromatic N) is 1. The molecule has 1 N–H and O–H groups in total. The van der Waals surface area contributed by atoms with Crippen molar-refractivity contribution in [2.24, 2.45) is 5.92 Å². The molecule has 32 heavy (non-hydrogen) atoms. The first-order valence-electron chi connectivity index (χ1n) is 11.6. The van der Waals surface area contributed by atoms with Gasteiger partial charge in [-0.3, -0.25) is 9.59 Å². The molecule has 0 unspecified atom stereocenters. The Morgan fingerprint density at radius 3 is 2.12 bits per heavy atom. The number of nitrogens with one attached hydrogen (secondary N) is 1. The summed E-state index contributed by atoms with van der Waals surface area (Å²) in [6.45, 7) is 11.6. The summed E-state index contributed by atoms with van der Waals surface area (Å²) in [7, 11) is 0. The molecule has 0 aliphatic carbocycles. The van der Waals surface area contributed by atoms with E-state index in [0.717, 1.165) is 11.3 Å². The van der Waals surface area contributed by atoms with Crippen molar-refractivity contribution in [2.45, 2.75) is 66.5 Å². The monoisotopic (exact) mass is 438 g/mol. The van der Waals surface area contributed by atoms with E-state index in [-0.39, 0.29) is 11.8 Å². The average molecular weight is 439 g/mol. The van der Waals surface area contributed by atoms with Crippen molar-refractivity contribution in [3.63, 3.8) is 0 Å². The molecule has 174 valence electrons. The Labute approximate surface area is 193 Å². The van der Waals surface area contributed by atoms with Crippen molar-refractivity contribution in [2.75, 3.05) is 13.2 Å². The lowest BCUT2D eigenvalue weighted by atomic mass is 10.1. The third-order valence-corrected chi connectivity index (χ3v) is 5.37. The lowest BCUT2D eigenvalue weighted by Crippen LogP contribution is -2.49. The fourth-order valence-corrected chi connectivity index (χ4v) is 3.42. The van der Waals surface area contributed by atoms with Crippen LogP contribution in [0.4, 0.5) is 0 Å². The van der Waals surface area contributed by atoms with Gasteiger partial charge in [0.15, 0.2) is 0 Å². The number of amides is 2. The molecule has 0 heterocycles. The van der Waals surface area contributed by atoms with Gasteiger partial charge in [-0.05, 0) is 50.3 Å². The van der Waals surface area contributed by atoms with Gasteiger partial charge in [0.05, 0.1) is 6.61 Å². The second-order valence-corrected chi connectivity index (χ2v) is 8.84. The van der Waals surface area contributed by atoms with Crippen LogP contribution in [0.15, 0.2) is 48.5 Å². The van der Waals surface area contributed by atoms with Crippen LogP contribution in [0.2, 0.25) is 0 Å². The number of carbonyl (C=O) groups is 2. The van der Waals surface area contributed by atoms with Crippen LogP contribution in [0.3, 0.4) is 0 Å². The van der Waals surface area contributed by atoms with Gasteiger partial charge in [-0.1, -0.05) is 68.3 Å². The maximum atomic E-state index is 13.2.